The predicted octanol–water partition coefficient (Wildman–Crippen LogP) is 5.24. The van der Waals surface area contributed by atoms with Crippen LogP contribution in [0, 0.1) is 0 Å². The van der Waals surface area contributed by atoms with Gasteiger partial charge in [0.25, 0.3) is 0 Å². The molecule has 4 aromatic rings. The maximum absolute atomic E-state index is 9.83. The maximum Gasteiger partial charge on any atom is 0.123 e. The van der Waals surface area contributed by atoms with Crippen molar-refractivity contribution in [3.63, 3.8) is 0 Å². The molecular weight excluding hydrogens is 436 g/mol. The zero-order valence-electron chi connectivity index (χ0n) is 19.5. The zero-order valence-corrected chi connectivity index (χ0v) is 19.5. The van der Waals surface area contributed by atoms with Gasteiger partial charge in [-0.2, -0.15) is 0 Å². The second-order valence-electron chi connectivity index (χ2n) is 9.16. The lowest BCUT2D eigenvalue weighted by Crippen LogP contribution is -2.42. The van der Waals surface area contributed by atoms with E-state index in [0.29, 0.717) is 6.42 Å². The van der Waals surface area contributed by atoms with E-state index >= 15 is 0 Å². The number of aliphatic hydroxyl groups excluding tert-OH is 2. The predicted molar refractivity (Wildman–Crippen MR) is 136 cm³/mol. The number of fused-ring (bicyclic) bond motifs is 6. The van der Waals surface area contributed by atoms with Crippen LogP contribution in [0.3, 0.4) is 0 Å². The van der Waals surface area contributed by atoms with Crippen LogP contribution in [-0.4, -0.2) is 36.6 Å². The molecule has 4 nitrogen and oxygen atoms in total. The second kappa shape index (κ2) is 8.74. The van der Waals surface area contributed by atoms with E-state index in [1.807, 2.05) is 24.3 Å². The summed E-state index contributed by atoms with van der Waals surface area (Å²) in [5.41, 5.74) is 7.16. The molecule has 0 radical (unpaired) electrons. The highest BCUT2D eigenvalue weighted by Gasteiger charge is 2.54. The molecule has 6 rings (SSSR count). The summed E-state index contributed by atoms with van der Waals surface area (Å²) in [7, 11) is 0. The average molecular weight is 465 g/mol. The molecule has 0 fully saturated rings. The Morgan fingerprint density at radius 1 is 0.457 bits per heavy atom. The topological polar surface area (TPSA) is 58.9 Å². The van der Waals surface area contributed by atoms with Crippen molar-refractivity contribution >= 4 is 0 Å². The van der Waals surface area contributed by atoms with Crippen LogP contribution >= 0.6 is 0 Å². The van der Waals surface area contributed by atoms with E-state index in [2.05, 4.69) is 72.8 Å². The largest absolute Gasteiger partial charge is 0.394 e. The van der Waals surface area contributed by atoms with Crippen LogP contribution in [0.1, 0.15) is 28.7 Å². The van der Waals surface area contributed by atoms with E-state index in [9.17, 15) is 10.2 Å². The molecule has 0 aliphatic heterocycles. The zero-order chi connectivity index (χ0) is 23.9. The van der Waals surface area contributed by atoms with Gasteiger partial charge >= 0.3 is 0 Å². The Bertz CT molecular complexity index is 1180. The highest BCUT2D eigenvalue weighted by atomic mass is 16.5. The van der Waals surface area contributed by atoms with Gasteiger partial charge in [-0.05, 0) is 44.5 Å². The lowest BCUT2D eigenvalue weighted by Gasteiger charge is -2.42. The number of benzene rings is 4. The number of hydrogen-bond acceptors (Lipinski definition) is 4. The van der Waals surface area contributed by atoms with E-state index in [4.69, 9.17) is 9.47 Å². The van der Waals surface area contributed by atoms with Crippen LogP contribution in [-0.2, 0) is 20.7 Å². The normalized spacial score (nSPS) is 15.8. The van der Waals surface area contributed by atoms with Gasteiger partial charge in [0.2, 0.25) is 0 Å². The maximum atomic E-state index is 9.83. The molecule has 0 atom stereocenters. The van der Waals surface area contributed by atoms with Gasteiger partial charge in [-0.3, -0.25) is 0 Å². The highest BCUT2D eigenvalue weighted by molar-refractivity contribution is 5.83. The molecule has 2 N–H and O–H groups in total. The fraction of sp³-hybridized carbons (Fsp3) is 0.226. The minimum Gasteiger partial charge on any atom is -0.394 e. The molecule has 0 unspecified atom stereocenters. The fourth-order valence-corrected chi connectivity index (χ4v) is 6.16. The minimum atomic E-state index is -0.837. The second-order valence-corrected chi connectivity index (χ2v) is 9.16. The van der Waals surface area contributed by atoms with Gasteiger partial charge in [0.15, 0.2) is 0 Å². The van der Waals surface area contributed by atoms with Crippen molar-refractivity contribution in [3.05, 3.63) is 119 Å². The lowest BCUT2D eigenvalue weighted by molar-refractivity contribution is -0.110. The summed E-state index contributed by atoms with van der Waals surface area (Å²) >= 11 is 0. The van der Waals surface area contributed by atoms with Crippen LogP contribution in [0.5, 0.6) is 0 Å². The van der Waals surface area contributed by atoms with Crippen molar-refractivity contribution in [1.82, 2.24) is 0 Å². The molecule has 0 amide bonds. The third-order valence-corrected chi connectivity index (χ3v) is 7.41. The van der Waals surface area contributed by atoms with Gasteiger partial charge in [-0.25, -0.2) is 0 Å². The van der Waals surface area contributed by atoms with Crippen LogP contribution in [0.15, 0.2) is 97.1 Å². The van der Waals surface area contributed by atoms with Crippen molar-refractivity contribution in [2.24, 2.45) is 0 Å². The lowest BCUT2D eigenvalue weighted by atomic mass is 9.75. The first-order valence-electron chi connectivity index (χ1n) is 12.1. The van der Waals surface area contributed by atoms with E-state index in [1.165, 1.54) is 0 Å². The first kappa shape index (κ1) is 22.2. The Labute approximate surface area is 205 Å². The van der Waals surface area contributed by atoms with Gasteiger partial charge < -0.3 is 19.7 Å². The number of ether oxygens (including phenoxy) is 2. The Hall–Kier alpha value is -3.28. The summed E-state index contributed by atoms with van der Waals surface area (Å²) < 4.78 is 13.4. The summed E-state index contributed by atoms with van der Waals surface area (Å²) in [6.07, 6.45) is 0.474. The summed E-state index contributed by atoms with van der Waals surface area (Å²) in [4.78, 5) is 0. The van der Waals surface area contributed by atoms with Gasteiger partial charge in [-0.15, -0.1) is 0 Å². The van der Waals surface area contributed by atoms with Crippen molar-refractivity contribution < 1.29 is 19.7 Å². The molecule has 176 valence electrons. The third kappa shape index (κ3) is 3.22. The quantitative estimate of drug-likeness (QED) is 0.374. The molecule has 0 bridgehead atoms. The van der Waals surface area contributed by atoms with Crippen molar-refractivity contribution in [2.45, 2.75) is 17.6 Å². The number of aliphatic hydroxyl groups is 2. The fourth-order valence-electron chi connectivity index (χ4n) is 6.16. The summed E-state index contributed by atoms with van der Waals surface area (Å²) in [5, 5.41) is 19.7. The SMILES string of the molecule is OCCOC1(CC2(OCCO)c3ccccc3-c3ccccc32)c2ccccc2-c2ccccc21. The van der Waals surface area contributed by atoms with Crippen molar-refractivity contribution in [2.75, 3.05) is 26.4 Å². The molecular formula is C31H28O4. The van der Waals surface area contributed by atoms with E-state index in [1.54, 1.807) is 0 Å². The molecule has 0 saturated carbocycles. The average Bonchev–Trinajstić information content (AvgIpc) is 3.35. The van der Waals surface area contributed by atoms with Gasteiger partial charge in [0.05, 0.1) is 26.4 Å². The van der Waals surface area contributed by atoms with Crippen molar-refractivity contribution in [3.8, 4) is 22.3 Å². The smallest absolute Gasteiger partial charge is 0.123 e. The molecule has 4 aromatic carbocycles. The first-order chi connectivity index (χ1) is 17.2. The third-order valence-electron chi connectivity index (χ3n) is 7.41. The molecule has 4 heteroatoms. The summed E-state index contributed by atoms with van der Waals surface area (Å²) in [6, 6.07) is 33.4. The van der Waals surface area contributed by atoms with Crippen LogP contribution < -0.4 is 0 Å². The number of hydrogen-bond donors (Lipinski definition) is 2. The van der Waals surface area contributed by atoms with Gasteiger partial charge in [-0.1, -0.05) is 97.1 Å². The van der Waals surface area contributed by atoms with Gasteiger partial charge in [0.1, 0.15) is 11.2 Å². The Kier molecular flexibility index (Phi) is 5.54. The van der Waals surface area contributed by atoms with Crippen LogP contribution in [0.4, 0.5) is 0 Å². The Balaban J connectivity index is 1.63. The first-order valence-corrected chi connectivity index (χ1v) is 12.1. The standard InChI is InChI=1S/C31H28O4/c32-17-19-34-30(26-13-5-1-9-22(26)23-10-2-6-14-27(23)30)21-31(35-20-18-33)28-15-7-3-11-24(28)25-12-4-8-16-29(25)31/h1-16,32-33H,17-21H2. The monoisotopic (exact) mass is 464 g/mol. The minimum absolute atomic E-state index is 0.0796. The summed E-state index contributed by atoms with van der Waals surface area (Å²) in [5.74, 6) is 0. The van der Waals surface area contributed by atoms with Crippen LogP contribution in [0.25, 0.3) is 22.3 Å². The highest BCUT2D eigenvalue weighted by Crippen LogP contribution is 2.60. The van der Waals surface area contributed by atoms with E-state index in [-0.39, 0.29) is 26.4 Å². The molecule has 35 heavy (non-hydrogen) atoms. The van der Waals surface area contributed by atoms with E-state index < -0.39 is 11.2 Å². The summed E-state index contributed by atoms with van der Waals surface area (Å²) in [6.45, 7) is 0.234. The van der Waals surface area contributed by atoms with Crippen molar-refractivity contribution in [1.29, 1.82) is 0 Å². The molecule has 0 heterocycles. The van der Waals surface area contributed by atoms with E-state index in [0.717, 1.165) is 44.5 Å². The Morgan fingerprint density at radius 3 is 1.03 bits per heavy atom. The van der Waals surface area contributed by atoms with Gasteiger partial charge in [0, 0.05) is 6.42 Å². The molecule has 0 aromatic heterocycles. The Morgan fingerprint density at radius 2 is 0.743 bits per heavy atom. The van der Waals surface area contributed by atoms with Crippen LogP contribution in [0.2, 0.25) is 0 Å². The molecule has 0 spiro atoms. The molecule has 2 aliphatic carbocycles. The number of rotatable bonds is 8. The molecule has 2 aliphatic rings. The molecule has 0 saturated heterocycles.